The quantitative estimate of drug-likeness (QED) is 0.124. The summed E-state index contributed by atoms with van der Waals surface area (Å²) >= 11 is 6.54. The SMILES string of the molecule is COc1cc(/C=C2\SC(=S)N(c3ccc4c(c3)OCO4)C2=O)ccc1OS(=O)(=O)c1ccc(C)c([N+](=O)[O-])c1. The van der Waals surface area contributed by atoms with Crippen LogP contribution in [-0.4, -0.2) is 37.5 Å². The zero-order chi connectivity index (χ0) is 27.9. The van der Waals surface area contributed by atoms with Gasteiger partial charge in [0, 0.05) is 17.7 Å². The summed E-state index contributed by atoms with van der Waals surface area (Å²) in [6.07, 6.45) is 1.59. The number of hydrogen-bond acceptors (Lipinski definition) is 11. The lowest BCUT2D eigenvalue weighted by molar-refractivity contribution is -0.385. The maximum atomic E-state index is 13.2. The lowest BCUT2D eigenvalue weighted by Gasteiger charge is -2.14. The zero-order valence-corrected chi connectivity index (χ0v) is 22.7. The van der Waals surface area contributed by atoms with E-state index < -0.39 is 15.0 Å². The van der Waals surface area contributed by atoms with Crippen molar-refractivity contribution in [3.8, 4) is 23.0 Å². The molecule has 0 aromatic heterocycles. The number of carbonyl (C=O) groups is 1. The van der Waals surface area contributed by atoms with Gasteiger partial charge in [0.25, 0.3) is 11.6 Å². The van der Waals surface area contributed by atoms with Gasteiger partial charge in [-0.3, -0.25) is 19.8 Å². The number of carbonyl (C=O) groups excluding carboxylic acids is 1. The van der Waals surface area contributed by atoms with Crippen LogP contribution in [0, 0.1) is 17.0 Å². The summed E-state index contributed by atoms with van der Waals surface area (Å²) in [6, 6.07) is 13.0. The molecule has 5 rings (SSSR count). The van der Waals surface area contributed by atoms with E-state index in [0.29, 0.717) is 37.5 Å². The van der Waals surface area contributed by atoms with Crippen molar-refractivity contribution in [2.75, 3.05) is 18.8 Å². The number of thiocarbonyl (C=S) groups is 1. The number of thioether (sulfide) groups is 1. The predicted octanol–water partition coefficient (Wildman–Crippen LogP) is 4.81. The molecule has 2 aliphatic heterocycles. The van der Waals surface area contributed by atoms with Crippen LogP contribution in [0.15, 0.2) is 64.4 Å². The van der Waals surface area contributed by atoms with Gasteiger partial charge >= 0.3 is 10.1 Å². The first-order valence-corrected chi connectivity index (χ1v) is 13.8. The molecule has 0 atom stereocenters. The largest absolute Gasteiger partial charge is 0.493 e. The summed E-state index contributed by atoms with van der Waals surface area (Å²) in [6.45, 7) is 1.60. The molecule has 3 aromatic carbocycles. The van der Waals surface area contributed by atoms with Crippen LogP contribution in [0.25, 0.3) is 6.08 Å². The summed E-state index contributed by atoms with van der Waals surface area (Å²) in [5.41, 5.74) is 1.02. The van der Waals surface area contributed by atoms with Gasteiger partial charge in [-0.2, -0.15) is 8.42 Å². The third-order valence-electron chi connectivity index (χ3n) is 5.76. The standard InChI is InChI=1S/C25H18N2O9S3/c1-14-3-6-17(12-18(14)27(29)30)39(31,32)36-20-7-4-15(9-21(20)33-2)10-23-24(28)26(25(37)38-23)16-5-8-19-22(11-16)35-13-34-19/h3-12H,13H2,1-2H3/b23-10-. The van der Waals surface area contributed by atoms with Crippen LogP contribution in [0.3, 0.4) is 0 Å². The van der Waals surface area contributed by atoms with Crippen molar-refractivity contribution in [1.82, 2.24) is 0 Å². The fourth-order valence-corrected chi connectivity index (χ4v) is 6.08. The van der Waals surface area contributed by atoms with Gasteiger partial charge in [-0.15, -0.1) is 0 Å². The van der Waals surface area contributed by atoms with E-state index in [1.807, 2.05) is 0 Å². The van der Waals surface area contributed by atoms with Gasteiger partial charge in [0.1, 0.15) is 4.90 Å². The molecule has 14 heteroatoms. The fourth-order valence-electron chi connectivity index (χ4n) is 3.82. The molecule has 39 heavy (non-hydrogen) atoms. The van der Waals surface area contributed by atoms with Crippen LogP contribution in [0.1, 0.15) is 11.1 Å². The van der Waals surface area contributed by atoms with Gasteiger partial charge in [0.2, 0.25) is 6.79 Å². The van der Waals surface area contributed by atoms with E-state index in [1.165, 1.54) is 49.3 Å². The molecule has 1 fully saturated rings. The highest BCUT2D eigenvalue weighted by Gasteiger charge is 2.34. The van der Waals surface area contributed by atoms with E-state index in [4.69, 9.17) is 30.6 Å². The van der Waals surface area contributed by atoms with Gasteiger partial charge in [-0.1, -0.05) is 36.1 Å². The van der Waals surface area contributed by atoms with Crippen molar-refractivity contribution in [2.45, 2.75) is 11.8 Å². The molecular weight excluding hydrogens is 568 g/mol. The fraction of sp³-hybridized carbons (Fsp3) is 0.120. The van der Waals surface area contributed by atoms with Crippen LogP contribution in [0.2, 0.25) is 0 Å². The third kappa shape index (κ3) is 5.13. The highest BCUT2D eigenvalue weighted by atomic mass is 32.2. The highest BCUT2D eigenvalue weighted by molar-refractivity contribution is 8.27. The molecule has 0 saturated carbocycles. The average Bonchev–Trinajstić information content (AvgIpc) is 3.47. The third-order valence-corrected chi connectivity index (χ3v) is 8.29. The number of benzene rings is 3. The Kier molecular flexibility index (Phi) is 6.92. The number of nitrogens with zero attached hydrogens (tertiary/aromatic N) is 2. The van der Waals surface area contributed by atoms with E-state index in [-0.39, 0.29) is 34.8 Å². The molecule has 2 heterocycles. The molecule has 1 saturated heterocycles. The van der Waals surface area contributed by atoms with Crippen molar-refractivity contribution in [3.63, 3.8) is 0 Å². The summed E-state index contributed by atoms with van der Waals surface area (Å²) in [4.78, 5) is 25.1. The second-order valence-corrected chi connectivity index (χ2v) is 11.4. The van der Waals surface area contributed by atoms with Gasteiger partial charge in [-0.25, -0.2) is 0 Å². The molecule has 0 unspecified atom stereocenters. The number of ether oxygens (including phenoxy) is 3. The topological polar surface area (TPSA) is 135 Å². The monoisotopic (exact) mass is 586 g/mol. The number of methoxy groups -OCH3 is 1. The van der Waals surface area contributed by atoms with E-state index in [1.54, 1.807) is 24.3 Å². The minimum atomic E-state index is -4.41. The number of hydrogen-bond donors (Lipinski definition) is 0. The Morgan fingerprint density at radius 2 is 1.85 bits per heavy atom. The predicted molar refractivity (Wildman–Crippen MR) is 147 cm³/mol. The smallest absolute Gasteiger partial charge is 0.339 e. The summed E-state index contributed by atoms with van der Waals surface area (Å²) < 4.78 is 47.3. The maximum Gasteiger partial charge on any atom is 0.339 e. The first-order valence-electron chi connectivity index (χ1n) is 11.1. The van der Waals surface area contributed by atoms with Crippen molar-refractivity contribution in [1.29, 1.82) is 0 Å². The summed E-state index contributed by atoms with van der Waals surface area (Å²) in [5.74, 6) is 0.690. The first kappa shape index (κ1) is 26.5. The molecule has 0 radical (unpaired) electrons. The Morgan fingerprint density at radius 3 is 2.59 bits per heavy atom. The summed E-state index contributed by atoms with van der Waals surface area (Å²) in [7, 11) is -3.09. The number of amides is 1. The van der Waals surface area contributed by atoms with Gasteiger partial charge in [-0.05, 0) is 48.9 Å². The molecule has 0 spiro atoms. The number of nitro benzene ring substituents is 1. The second kappa shape index (κ2) is 10.2. The van der Waals surface area contributed by atoms with Gasteiger partial charge in [0.05, 0.1) is 22.6 Å². The number of rotatable bonds is 7. The first-order chi connectivity index (χ1) is 18.6. The maximum absolute atomic E-state index is 13.2. The highest BCUT2D eigenvalue weighted by Crippen LogP contribution is 2.41. The molecule has 2 aliphatic rings. The lowest BCUT2D eigenvalue weighted by atomic mass is 10.2. The molecule has 0 aliphatic carbocycles. The second-order valence-electron chi connectivity index (χ2n) is 8.21. The van der Waals surface area contributed by atoms with Crippen molar-refractivity contribution < 1.29 is 36.5 Å². The van der Waals surface area contributed by atoms with Crippen LogP contribution >= 0.6 is 24.0 Å². The Labute approximate surface area is 232 Å². The Balaban J connectivity index is 1.39. The molecule has 3 aromatic rings. The van der Waals surface area contributed by atoms with Crippen LogP contribution in [-0.2, 0) is 14.9 Å². The van der Waals surface area contributed by atoms with Gasteiger partial charge < -0.3 is 18.4 Å². The normalized spacial score (nSPS) is 15.6. The van der Waals surface area contributed by atoms with E-state index >= 15 is 0 Å². The van der Waals surface area contributed by atoms with Crippen LogP contribution < -0.4 is 23.3 Å². The Morgan fingerprint density at radius 1 is 1.08 bits per heavy atom. The van der Waals surface area contributed by atoms with Crippen LogP contribution in [0.4, 0.5) is 11.4 Å². The molecule has 11 nitrogen and oxygen atoms in total. The molecule has 200 valence electrons. The minimum Gasteiger partial charge on any atom is -0.493 e. The zero-order valence-electron chi connectivity index (χ0n) is 20.3. The number of anilines is 1. The van der Waals surface area contributed by atoms with E-state index in [0.717, 1.165) is 17.8 Å². The van der Waals surface area contributed by atoms with Crippen LogP contribution in [0.5, 0.6) is 23.0 Å². The van der Waals surface area contributed by atoms with Crippen molar-refractivity contribution in [3.05, 3.63) is 80.7 Å². The lowest BCUT2D eigenvalue weighted by Crippen LogP contribution is -2.27. The Hall–Kier alpha value is -4.14. The van der Waals surface area contributed by atoms with E-state index in [2.05, 4.69) is 0 Å². The average molecular weight is 587 g/mol. The number of fused-ring (bicyclic) bond motifs is 1. The minimum absolute atomic E-state index is 0.0696. The molecule has 0 bridgehead atoms. The van der Waals surface area contributed by atoms with Gasteiger partial charge in [0.15, 0.2) is 27.3 Å². The molecular formula is C25H18N2O9S3. The van der Waals surface area contributed by atoms with Crippen molar-refractivity contribution in [2.24, 2.45) is 0 Å². The molecule has 1 amide bonds. The van der Waals surface area contributed by atoms with Crippen molar-refractivity contribution >= 4 is 61.8 Å². The Bertz CT molecular complexity index is 1690. The summed E-state index contributed by atoms with van der Waals surface area (Å²) in [5, 5.41) is 11.2. The van der Waals surface area contributed by atoms with E-state index in [9.17, 15) is 23.3 Å². The number of nitro groups is 1. The number of aryl methyl sites for hydroxylation is 1. The molecule has 0 N–H and O–H groups in total.